The van der Waals surface area contributed by atoms with Crippen molar-refractivity contribution in [1.29, 1.82) is 0 Å². The molecule has 4 unspecified atom stereocenters. The minimum Gasteiger partial charge on any atom is -0.370 e. The zero-order valence-corrected chi connectivity index (χ0v) is 11.3. The highest BCUT2D eigenvalue weighted by Crippen LogP contribution is 2.35. The third kappa shape index (κ3) is 2.61. The topological polar surface area (TPSA) is 113 Å². The van der Waals surface area contributed by atoms with E-state index in [1.54, 1.807) is 0 Å². The Morgan fingerprint density at radius 3 is 1.75 bits per heavy atom. The standard InChI is InChI=1S/C12H17N3O5/c1-5-8(19-5)3-7(4-9-6(2)20-9)15-11(17)13-10(16)14-12(15)18/h5-9H,3-4H2,1-2H3,(H2,13,14,16,17,18). The first kappa shape index (κ1) is 13.3. The average molecular weight is 283 g/mol. The molecule has 1 aromatic rings. The Balaban J connectivity index is 1.89. The summed E-state index contributed by atoms with van der Waals surface area (Å²) in [6.45, 7) is 3.88. The van der Waals surface area contributed by atoms with Crippen LogP contribution in [0.4, 0.5) is 0 Å². The predicted octanol–water partition coefficient (Wildman–Crippen LogP) is -0.879. The maximum Gasteiger partial charge on any atom is 0.333 e. The fraction of sp³-hybridized carbons (Fsp3) is 0.750. The molecule has 0 radical (unpaired) electrons. The molecular formula is C12H17N3O5. The highest BCUT2D eigenvalue weighted by Gasteiger charge is 2.42. The Labute approximate surface area is 113 Å². The third-order valence-corrected chi connectivity index (χ3v) is 3.93. The van der Waals surface area contributed by atoms with Gasteiger partial charge in [-0.2, -0.15) is 0 Å². The lowest BCUT2D eigenvalue weighted by Gasteiger charge is -2.16. The number of hydrogen-bond donors (Lipinski definition) is 2. The van der Waals surface area contributed by atoms with Crippen LogP contribution in [0.2, 0.25) is 0 Å². The first-order chi connectivity index (χ1) is 9.45. The summed E-state index contributed by atoms with van der Waals surface area (Å²) in [5.74, 6) is 0. The van der Waals surface area contributed by atoms with Crippen LogP contribution in [-0.2, 0) is 9.47 Å². The van der Waals surface area contributed by atoms with Gasteiger partial charge in [-0.1, -0.05) is 0 Å². The molecule has 110 valence electrons. The Bertz CT molecular complexity index is 622. The quantitative estimate of drug-likeness (QED) is 0.681. The number of rotatable bonds is 5. The van der Waals surface area contributed by atoms with Gasteiger partial charge in [0, 0.05) is 6.04 Å². The summed E-state index contributed by atoms with van der Waals surface area (Å²) in [5, 5.41) is 0. The van der Waals surface area contributed by atoms with E-state index in [0.717, 1.165) is 4.57 Å². The molecule has 0 aromatic carbocycles. The van der Waals surface area contributed by atoms with Crippen molar-refractivity contribution >= 4 is 0 Å². The number of ether oxygens (including phenoxy) is 2. The molecule has 20 heavy (non-hydrogen) atoms. The number of aromatic amines is 2. The fourth-order valence-corrected chi connectivity index (χ4v) is 2.57. The van der Waals surface area contributed by atoms with E-state index in [2.05, 4.69) is 9.97 Å². The highest BCUT2D eigenvalue weighted by molar-refractivity contribution is 4.91. The Morgan fingerprint density at radius 2 is 1.40 bits per heavy atom. The van der Waals surface area contributed by atoms with E-state index in [1.807, 2.05) is 13.8 Å². The van der Waals surface area contributed by atoms with Gasteiger partial charge in [0.2, 0.25) is 0 Å². The highest BCUT2D eigenvalue weighted by atomic mass is 16.6. The number of nitrogens with one attached hydrogen (secondary N) is 2. The van der Waals surface area contributed by atoms with Gasteiger partial charge in [0.1, 0.15) is 0 Å². The van der Waals surface area contributed by atoms with Crippen molar-refractivity contribution in [2.75, 3.05) is 0 Å². The van der Waals surface area contributed by atoms with Gasteiger partial charge in [-0.05, 0) is 26.7 Å². The lowest BCUT2D eigenvalue weighted by atomic mass is 10.0. The van der Waals surface area contributed by atoms with Crippen molar-refractivity contribution in [3.05, 3.63) is 31.5 Å². The molecule has 0 spiro atoms. The van der Waals surface area contributed by atoms with E-state index in [-0.39, 0.29) is 30.5 Å². The number of hydrogen-bond acceptors (Lipinski definition) is 5. The Kier molecular flexibility index (Phi) is 3.14. The maximum absolute atomic E-state index is 11.9. The number of H-pyrrole nitrogens is 2. The molecule has 0 aliphatic carbocycles. The molecular weight excluding hydrogens is 266 g/mol. The predicted molar refractivity (Wildman–Crippen MR) is 68.9 cm³/mol. The lowest BCUT2D eigenvalue weighted by Crippen LogP contribution is -2.45. The molecule has 0 amide bonds. The first-order valence-electron chi connectivity index (χ1n) is 6.71. The van der Waals surface area contributed by atoms with Crippen LogP contribution in [0.5, 0.6) is 0 Å². The van der Waals surface area contributed by atoms with E-state index in [4.69, 9.17) is 9.47 Å². The van der Waals surface area contributed by atoms with Crippen molar-refractivity contribution in [2.24, 2.45) is 0 Å². The molecule has 2 saturated heterocycles. The summed E-state index contributed by atoms with van der Waals surface area (Å²) in [6, 6.07) is -0.340. The summed E-state index contributed by atoms with van der Waals surface area (Å²) < 4.78 is 11.8. The SMILES string of the molecule is CC1OC1CC(CC1OC1C)n1c(=O)[nH]c(=O)[nH]c1=O. The minimum atomic E-state index is -0.790. The van der Waals surface area contributed by atoms with E-state index in [1.165, 1.54) is 0 Å². The molecule has 0 saturated carbocycles. The van der Waals surface area contributed by atoms with Crippen molar-refractivity contribution in [3.8, 4) is 0 Å². The maximum atomic E-state index is 11.9. The summed E-state index contributed by atoms with van der Waals surface area (Å²) >= 11 is 0. The zero-order chi connectivity index (χ0) is 14.4. The summed E-state index contributed by atoms with van der Waals surface area (Å²) in [7, 11) is 0. The van der Waals surface area contributed by atoms with Gasteiger partial charge >= 0.3 is 17.1 Å². The van der Waals surface area contributed by atoms with Gasteiger partial charge in [-0.3, -0.25) is 9.97 Å². The number of nitrogens with zero attached hydrogens (tertiary/aromatic N) is 1. The second-order valence-corrected chi connectivity index (χ2v) is 5.44. The largest absolute Gasteiger partial charge is 0.370 e. The molecule has 0 bridgehead atoms. The normalized spacial score (nSPS) is 32.9. The van der Waals surface area contributed by atoms with E-state index in [9.17, 15) is 14.4 Å². The molecule has 1 aromatic heterocycles. The number of aromatic nitrogens is 3. The van der Waals surface area contributed by atoms with Crippen LogP contribution in [0.3, 0.4) is 0 Å². The van der Waals surface area contributed by atoms with Crippen LogP contribution in [0.1, 0.15) is 32.7 Å². The molecule has 8 heteroatoms. The van der Waals surface area contributed by atoms with Gasteiger partial charge in [-0.25, -0.2) is 19.0 Å². The molecule has 2 aliphatic heterocycles. The van der Waals surface area contributed by atoms with Gasteiger partial charge in [0.05, 0.1) is 24.4 Å². The van der Waals surface area contributed by atoms with Crippen LogP contribution >= 0.6 is 0 Å². The summed E-state index contributed by atoms with van der Waals surface area (Å²) in [6.07, 6.45) is 1.51. The molecule has 3 heterocycles. The third-order valence-electron chi connectivity index (χ3n) is 3.93. The summed E-state index contributed by atoms with van der Waals surface area (Å²) in [4.78, 5) is 39.0. The van der Waals surface area contributed by atoms with Gasteiger partial charge in [0.15, 0.2) is 0 Å². The smallest absolute Gasteiger partial charge is 0.333 e. The zero-order valence-electron chi connectivity index (χ0n) is 11.3. The second kappa shape index (κ2) is 4.71. The van der Waals surface area contributed by atoms with Crippen molar-refractivity contribution in [2.45, 2.75) is 57.1 Å². The van der Waals surface area contributed by atoms with Crippen LogP contribution in [0.15, 0.2) is 14.4 Å². The molecule has 4 atom stereocenters. The lowest BCUT2D eigenvalue weighted by molar-refractivity contribution is 0.289. The van der Waals surface area contributed by atoms with E-state index >= 15 is 0 Å². The molecule has 8 nitrogen and oxygen atoms in total. The van der Waals surface area contributed by atoms with E-state index in [0.29, 0.717) is 12.8 Å². The fourth-order valence-electron chi connectivity index (χ4n) is 2.57. The van der Waals surface area contributed by atoms with Crippen LogP contribution < -0.4 is 17.1 Å². The minimum absolute atomic E-state index is 0.0484. The van der Waals surface area contributed by atoms with Gasteiger partial charge in [-0.15, -0.1) is 0 Å². The molecule has 2 fully saturated rings. The number of epoxide rings is 2. The monoisotopic (exact) mass is 283 g/mol. The van der Waals surface area contributed by atoms with Crippen molar-refractivity contribution < 1.29 is 9.47 Å². The Morgan fingerprint density at radius 1 is 1.00 bits per heavy atom. The van der Waals surface area contributed by atoms with Crippen molar-refractivity contribution in [3.63, 3.8) is 0 Å². The van der Waals surface area contributed by atoms with Gasteiger partial charge < -0.3 is 9.47 Å². The van der Waals surface area contributed by atoms with Gasteiger partial charge in [0.25, 0.3) is 0 Å². The first-order valence-corrected chi connectivity index (χ1v) is 6.71. The van der Waals surface area contributed by atoms with Crippen LogP contribution in [-0.4, -0.2) is 39.0 Å². The Hall–Kier alpha value is -1.67. The second-order valence-electron chi connectivity index (χ2n) is 5.44. The van der Waals surface area contributed by atoms with Crippen LogP contribution in [0.25, 0.3) is 0 Å². The summed E-state index contributed by atoms with van der Waals surface area (Å²) in [5.41, 5.74) is -2.17. The van der Waals surface area contributed by atoms with Crippen molar-refractivity contribution in [1.82, 2.24) is 14.5 Å². The molecule has 3 rings (SSSR count). The average Bonchev–Trinajstić information content (AvgIpc) is 3.20. The molecule has 2 aliphatic rings. The molecule has 2 N–H and O–H groups in total. The van der Waals surface area contributed by atoms with E-state index < -0.39 is 17.1 Å². The van der Waals surface area contributed by atoms with Crippen LogP contribution in [0, 0.1) is 0 Å².